The minimum absolute atomic E-state index is 0.333. The van der Waals surface area contributed by atoms with E-state index in [0.717, 1.165) is 18.1 Å². The van der Waals surface area contributed by atoms with Crippen molar-refractivity contribution in [3.63, 3.8) is 0 Å². The van der Waals surface area contributed by atoms with Crippen molar-refractivity contribution in [1.29, 1.82) is 5.26 Å². The van der Waals surface area contributed by atoms with Gasteiger partial charge in [-0.2, -0.15) is 18.4 Å². The van der Waals surface area contributed by atoms with E-state index in [1.807, 2.05) is 31.8 Å². The second-order valence-electron chi connectivity index (χ2n) is 3.96. The first kappa shape index (κ1) is 13.7. The molecule has 0 N–H and O–H groups in total. The summed E-state index contributed by atoms with van der Waals surface area (Å²) in [7, 11) is 0. The highest BCUT2D eigenvalue weighted by molar-refractivity contribution is 5.79. The SMILES string of the molecule is N#C/C(=C\[C]1[CH][CH][CH][CH]1)c1ccc(C(F)(F)F)cc1. The lowest BCUT2D eigenvalue weighted by Crippen LogP contribution is -2.04. The monoisotopic (exact) mass is 260 g/mol. The summed E-state index contributed by atoms with van der Waals surface area (Å²) >= 11 is 0. The summed E-state index contributed by atoms with van der Waals surface area (Å²) < 4.78 is 37.3. The molecular formula is C15H9F3N. The summed E-state index contributed by atoms with van der Waals surface area (Å²) in [5, 5.41) is 9.07. The number of allylic oxidation sites excluding steroid dienone is 2. The zero-order valence-electron chi connectivity index (χ0n) is 9.78. The summed E-state index contributed by atoms with van der Waals surface area (Å²) in [4.78, 5) is 0. The van der Waals surface area contributed by atoms with Gasteiger partial charge in [-0.05, 0) is 43.4 Å². The lowest BCUT2D eigenvalue weighted by molar-refractivity contribution is -0.137. The lowest BCUT2D eigenvalue weighted by atomic mass is 9.99. The molecule has 0 aromatic heterocycles. The van der Waals surface area contributed by atoms with E-state index in [4.69, 9.17) is 5.26 Å². The standard InChI is InChI=1S/C15H9F3N/c16-15(17,18)14-7-5-12(6-8-14)13(10-19)9-11-3-1-2-4-11/h1-9H/b13-9+. The van der Waals surface area contributed by atoms with Crippen molar-refractivity contribution in [3.05, 3.63) is 73.1 Å². The second-order valence-corrected chi connectivity index (χ2v) is 3.96. The molecule has 1 aromatic rings. The Balaban J connectivity index is 2.22. The van der Waals surface area contributed by atoms with Gasteiger partial charge in [0.05, 0.1) is 17.2 Å². The molecule has 0 unspecified atom stereocenters. The normalized spacial score (nSPS) is 17.5. The van der Waals surface area contributed by atoms with Gasteiger partial charge in [0.2, 0.25) is 0 Å². The zero-order valence-corrected chi connectivity index (χ0v) is 9.78. The maximum atomic E-state index is 12.4. The molecule has 5 radical (unpaired) electrons. The van der Waals surface area contributed by atoms with Crippen LogP contribution < -0.4 is 0 Å². The Morgan fingerprint density at radius 2 is 1.63 bits per heavy atom. The Morgan fingerprint density at radius 3 is 2.11 bits per heavy atom. The quantitative estimate of drug-likeness (QED) is 0.737. The van der Waals surface area contributed by atoms with Crippen LogP contribution >= 0.6 is 0 Å². The highest BCUT2D eigenvalue weighted by Gasteiger charge is 2.30. The van der Waals surface area contributed by atoms with Crippen molar-refractivity contribution in [2.75, 3.05) is 0 Å². The molecule has 95 valence electrons. The van der Waals surface area contributed by atoms with Crippen LogP contribution in [0.1, 0.15) is 11.1 Å². The van der Waals surface area contributed by atoms with Gasteiger partial charge in [0.25, 0.3) is 0 Å². The van der Waals surface area contributed by atoms with E-state index in [1.165, 1.54) is 12.1 Å². The molecule has 1 aromatic carbocycles. The van der Waals surface area contributed by atoms with Crippen molar-refractivity contribution in [3.8, 4) is 6.07 Å². The van der Waals surface area contributed by atoms with E-state index in [2.05, 4.69) is 0 Å². The molecule has 1 aliphatic carbocycles. The van der Waals surface area contributed by atoms with Gasteiger partial charge in [-0.1, -0.05) is 18.2 Å². The molecule has 0 saturated heterocycles. The number of hydrogen-bond acceptors (Lipinski definition) is 1. The van der Waals surface area contributed by atoms with Gasteiger partial charge in [-0.25, -0.2) is 0 Å². The van der Waals surface area contributed by atoms with E-state index in [1.54, 1.807) is 6.08 Å². The predicted octanol–water partition coefficient (Wildman–Crippen LogP) is 4.02. The van der Waals surface area contributed by atoms with Gasteiger partial charge in [-0.3, -0.25) is 0 Å². The zero-order chi connectivity index (χ0) is 13.9. The van der Waals surface area contributed by atoms with Crippen molar-refractivity contribution in [2.45, 2.75) is 6.18 Å². The number of nitriles is 1. The maximum Gasteiger partial charge on any atom is 0.416 e. The van der Waals surface area contributed by atoms with Crippen molar-refractivity contribution < 1.29 is 13.2 Å². The van der Waals surface area contributed by atoms with Crippen LogP contribution in [0, 0.1) is 42.9 Å². The molecule has 0 spiro atoms. The van der Waals surface area contributed by atoms with Gasteiger partial charge in [0.1, 0.15) is 0 Å². The minimum Gasteiger partial charge on any atom is -0.192 e. The number of alkyl halides is 3. The largest absolute Gasteiger partial charge is 0.416 e. The van der Waals surface area contributed by atoms with Crippen LogP contribution in [0.3, 0.4) is 0 Å². The average molecular weight is 260 g/mol. The fraction of sp³-hybridized carbons (Fsp3) is 0.0667. The fourth-order valence-electron chi connectivity index (χ4n) is 1.67. The summed E-state index contributed by atoms with van der Waals surface area (Å²) in [6, 6.07) is 6.56. The first-order chi connectivity index (χ1) is 9.00. The Morgan fingerprint density at radius 1 is 1.05 bits per heavy atom. The van der Waals surface area contributed by atoms with Crippen LogP contribution in [0.15, 0.2) is 30.3 Å². The number of rotatable bonds is 2. The van der Waals surface area contributed by atoms with E-state index >= 15 is 0 Å². The van der Waals surface area contributed by atoms with Crippen LogP contribution in [0.5, 0.6) is 0 Å². The average Bonchev–Trinajstić information content (AvgIpc) is 2.88. The van der Waals surface area contributed by atoms with Gasteiger partial charge < -0.3 is 0 Å². The first-order valence-corrected chi connectivity index (χ1v) is 5.52. The molecule has 0 heterocycles. The van der Waals surface area contributed by atoms with Gasteiger partial charge in [0, 0.05) is 5.92 Å². The molecule has 0 amide bonds. The highest BCUT2D eigenvalue weighted by Crippen LogP contribution is 2.31. The van der Waals surface area contributed by atoms with Crippen LogP contribution in [0.25, 0.3) is 5.57 Å². The van der Waals surface area contributed by atoms with Crippen LogP contribution in [-0.2, 0) is 6.18 Å². The molecule has 1 aliphatic rings. The molecule has 0 bridgehead atoms. The molecule has 1 nitrogen and oxygen atoms in total. The van der Waals surface area contributed by atoms with Crippen LogP contribution in [0.4, 0.5) is 13.2 Å². The number of benzene rings is 1. The lowest BCUT2D eigenvalue weighted by Gasteiger charge is -2.08. The summed E-state index contributed by atoms with van der Waals surface area (Å²) in [5.74, 6) is 0.844. The smallest absolute Gasteiger partial charge is 0.192 e. The molecule has 0 aliphatic heterocycles. The van der Waals surface area contributed by atoms with Crippen LogP contribution in [-0.4, -0.2) is 0 Å². The molecule has 4 heteroatoms. The van der Waals surface area contributed by atoms with Gasteiger partial charge in [0.15, 0.2) is 0 Å². The van der Waals surface area contributed by atoms with Gasteiger partial charge >= 0.3 is 6.18 Å². The van der Waals surface area contributed by atoms with E-state index in [0.29, 0.717) is 11.1 Å². The number of halogens is 3. The van der Waals surface area contributed by atoms with Gasteiger partial charge in [-0.15, -0.1) is 0 Å². The molecule has 1 saturated carbocycles. The summed E-state index contributed by atoms with van der Waals surface area (Å²) in [6.07, 6.45) is 4.58. The highest BCUT2D eigenvalue weighted by atomic mass is 19.4. The van der Waals surface area contributed by atoms with E-state index in [-0.39, 0.29) is 0 Å². The van der Waals surface area contributed by atoms with Crippen molar-refractivity contribution >= 4 is 5.57 Å². The Kier molecular flexibility index (Phi) is 3.94. The Bertz CT molecular complexity index is 500. The van der Waals surface area contributed by atoms with E-state index < -0.39 is 11.7 Å². The molecule has 2 rings (SSSR count). The summed E-state index contributed by atoms with van der Waals surface area (Å²) in [5.41, 5.74) is 0.0819. The molecule has 1 fully saturated rings. The number of nitrogens with zero attached hydrogens (tertiary/aromatic N) is 1. The molecule has 0 atom stereocenters. The maximum absolute atomic E-state index is 12.4. The first-order valence-electron chi connectivity index (χ1n) is 5.52. The van der Waals surface area contributed by atoms with Crippen molar-refractivity contribution in [2.24, 2.45) is 0 Å². The third-order valence-corrected chi connectivity index (χ3v) is 2.64. The third kappa shape index (κ3) is 3.37. The predicted molar refractivity (Wildman–Crippen MR) is 65.5 cm³/mol. The van der Waals surface area contributed by atoms with Crippen molar-refractivity contribution in [1.82, 2.24) is 0 Å². The second kappa shape index (κ2) is 5.48. The Labute approximate surface area is 110 Å². The Hall–Kier alpha value is -1.76. The topological polar surface area (TPSA) is 23.8 Å². The van der Waals surface area contributed by atoms with Crippen LogP contribution in [0.2, 0.25) is 0 Å². The third-order valence-electron chi connectivity index (χ3n) is 2.64. The number of hydrogen-bond donors (Lipinski definition) is 0. The molecular weight excluding hydrogens is 251 g/mol. The fourth-order valence-corrected chi connectivity index (χ4v) is 1.67. The summed E-state index contributed by atoms with van der Waals surface area (Å²) in [6.45, 7) is 0. The van der Waals surface area contributed by atoms with E-state index in [9.17, 15) is 13.2 Å². The molecule has 19 heavy (non-hydrogen) atoms. The minimum atomic E-state index is -4.36.